The number of ether oxygens (including phenoxy) is 1. The molecule has 0 spiro atoms. The van der Waals surface area contributed by atoms with Crippen LogP contribution in [0, 0.1) is 0 Å². The van der Waals surface area contributed by atoms with Gasteiger partial charge in [-0.1, -0.05) is 25.1 Å². The summed E-state index contributed by atoms with van der Waals surface area (Å²) in [5.41, 5.74) is 1.45. The Bertz CT molecular complexity index is 605. The van der Waals surface area contributed by atoms with E-state index in [-0.39, 0.29) is 5.78 Å². The fraction of sp³-hybridized carbons (Fsp3) is 0.438. The van der Waals surface area contributed by atoms with E-state index >= 15 is 0 Å². The molecule has 2 aromatic rings. The molecule has 0 saturated carbocycles. The zero-order valence-corrected chi connectivity index (χ0v) is 11.7. The number of morpholine rings is 1. The van der Waals surface area contributed by atoms with E-state index < -0.39 is 0 Å². The molecule has 3 rings (SSSR count). The lowest BCUT2D eigenvalue weighted by atomic mass is 10.1. The monoisotopic (exact) mass is 273 g/mol. The maximum absolute atomic E-state index is 12.5. The van der Waals surface area contributed by atoms with E-state index in [4.69, 9.17) is 9.15 Å². The molecule has 20 heavy (non-hydrogen) atoms. The molecule has 4 heteroatoms. The Labute approximate surface area is 118 Å². The van der Waals surface area contributed by atoms with Crippen LogP contribution < -0.4 is 0 Å². The maximum atomic E-state index is 12.5. The van der Waals surface area contributed by atoms with Crippen LogP contribution in [0.5, 0.6) is 0 Å². The van der Waals surface area contributed by atoms with Gasteiger partial charge in [0.1, 0.15) is 11.8 Å². The quantitative estimate of drug-likeness (QED) is 0.803. The Hall–Kier alpha value is -1.65. The van der Waals surface area contributed by atoms with Crippen molar-refractivity contribution >= 4 is 16.8 Å². The van der Waals surface area contributed by atoms with Gasteiger partial charge in [-0.15, -0.1) is 0 Å². The molecule has 1 unspecified atom stereocenters. The summed E-state index contributed by atoms with van der Waals surface area (Å²) in [6.07, 6.45) is 2.58. The lowest BCUT2D eigenvalue weighted by Gasteiger charge is -2.34. The van der Waals surface area contributed by atoms with Crippen LogP contribution in [0.15, 0.2) is 34.9 Å². The molecule has 0 bridgehead atoms. The summed E-state index contributed by atoms with van der Waals surface area (Å²) in [4.78, 5) is 14.7. The number of para-hydroxylation sites is 1. The third-order valence-corrected chi connectivity index (χ3v) is 3.95. The number of nitrogens with zero attached hydrogens (tertiary/aromatic N) is 1. The second kappa shape index (κ2) is 5.77. The zero-order chi connectivity index (χ0) is 13.9. The molecule has 0 amide bonds. The number of benzene rings is 1. The number of hydrogen-bond donors (Lipinski definition) is 0. The van der Waals surface area contributed by atoms with Crippen molar-refractivity contribution in [2.24, 2.45) is 0 Å². The molecule has 1 aromatic heterocycles. The molecule has 106 valence electrons. The molecule has 1 aromatic carbocycles. The highest BCUT2D eigenvalue weighted by molar-refractivity contribution is 6.08. The Morgan fingerprint density at radius 2 is 2.25 bits per heavy atom. The molecule has 1 fully saturated rings. The van der Waals surface area contributed by atoms with E-state index in [1.54, 1.807) is 6.26 Å². The molecule has 1 aliphatic heterocycles. The standard InChI is InChI=1S/C16H19NO3/c1-2-12-10-19-8-7-17(12)9-15(18)14-11-20-16-6-4-3-5-13(14)16/h3-6,11-12H,2,7-10H2,1H3. The first kappa shape index (κ1) is 13.3. The van der Waals surface area contributed by atoms with Crippen LogP contribution >= 0.6 is 0 Å². The second-order valence-corrected chi connectivity index (χ2v) is 5.18. The Kier molecular flexibility index (Phi) is 3.85. The molecule has 0 radical (unpaired) electrons. The number of furan rings is 1. The van der Waals surface area contributed by atoms with Gasteiger partial charge in [0.2, 0.25) is 0 Å². The largest absolute Gasteiger partial charge is 0.464 e. The van der Waals surface area contributed by atoms with Gasteiger partial charge in [-0.2, -0.15) is 0 Å². The second-order valence-electron chi connectivity index (χ2n) is 5.18. The normalized spacial score (nSPS) is 20.4. The third-order valence-electron chi connectivity index (χ3n) is 3.95. The number of carbonyl (C=O) groups excluding carboxylic acids is 1. The van der Waals surface area contributed by atoms with Crippen molar-refractivity contribution in [2.45, 2.75) is 19.4 Å². The van der Waals surface area contributed by atoms with E-state index in [1.807, 2.05) is 24.3 Å². The summed E-state index contributed by atoms with van der Waals surface area (Å²) in [7, 11) is 0. The third kappa shape index (κ3) is 2.49. The molecule has 1 saturated heterocycles. The van der Waals surface area contributed by atoms with Crippen molar-refractivity contribution in [2.75, 3.05) is 26.3 Å². The van der Waals surface area contributed by atoms with E-state index in [2.05, 4.69) is 11.8 Å². The van der Waals surface area contributed by atoms with Gasteiger partial charge in [-0.25, -0.2) is 0 Å². The lowest BCUT2D eigenvalue weighted by Crippen LogP contribution is -2.47. The first-order valence-corrected chi connectivity index (χ1v) is 7.11. The first-order valence-electron chi connectivity index (χ1n) is 7.11. The topological polar surface area (TPSA) is 42.7 Å². The van der Waals surface area contributed by atoms with Gasteiger partial charge in [-0.05, 0) is 12.5 Å². The van der Waals surface area contributed by atoms with Crippen molar-refractivity contribution in [3.8, 4) is 0 Å². The molecular weight excluding hydrogens is 254 g/mol. The van der Waals surface area contributed by atoms with Crippen LogP contribution in [-0.4, -0.2) is 43.0 Å². The van der Waals surface area contributed by atoms with E-state index in [1.165, 1.54) is 0 Å². The molecule has 1 aliphatic rings. The molecule has 2 heterocycles. The fourth-order valence-electron chi connectivity index (χ4n) is 2.74. The number of carbonyl (C=O) groups is 1. The van der Waals surface area contributed by atoms with Crippen molar-refractivity contribution in [3.63, 3.8) is 0 Å². The number of rotatable bonds is 4. The van der Waals surface area contributed by atoms with Gasteiger partial charge in [0.15, 0.2) is 5.78 Å². The Morgan fingerprint density at radius 1 is 1.40 bits per heavy atom. The van der Waals surface area contributed by atoms with E-state index in [9.17, 15) is 4.79 Å². The molecule has 0 N–H and O–H groups in total. The lowest BCUT2D eigenvalue weighted by molar-refractivity contribution is -0.00584. The Morgan fingerprint density at radius 3 is 3.10 bits per heavy atom. The molecule has 0 aliphatic carbocycles. The summed E-state index contributed by atoms with van der Waals surface area (Å²) in [6.45, 7) is 4.81. The number of ketones is 1. The minimum absolute atomic E-state index is 0.121. The predicted molar refractivity (Wildman–Crippen MR) is 77.0 cm³/mol. The molecule has 1 atom stereocenters. The summed E-state index contributed by atoms with van der Waals surface area (Å²) in [5.74, 6) is 0.121. The van der Waals surface area contributed by atoms with Crippen molar-refractivity contribution < 1.29 is 13.9 Å². The van der Waals surface area contributed by atoms with Gasteiger partial charge >= 0.3 is 0 Å². The highest BCUT2D eigenvalue weighted by Gasteiger charge is 2.25. The van der Waals surface area contributed by atoms with Crippen molar-refractivity contribution in [1.82, 2.24) is 4.90 Å². The van der Waals surface area contributed by atoms with Gasteiger partial charge in [0, 0.05) is 18.0 Å². The molecular formula is C16H19NO3. The average molecular weight is 273 g/mol. The molecule has 4 nitrogen and oxygen atoms in total. The highest BCUT2D eigenvalue weighted by atomic mass is 16.5. The van der Waals surface area contributed by atoms with Crippen LogP contribution in [0.2, 0.25) is 0 Å². The van der Waals surface area contributed by atoms with E-state index in [0.29, 0.717) is 24.8 Å². The summed E-state index contributed by atoms with van der Waals surface area (Å²) in [6, 6.07) is 8.00. The SMILES string of the molecule is CCC1COCCN1CC(=O)c1coc2ccccc12. The van der Waals surface area contributed by atoms with Crippen LogP contribution in [-0.2, 0) is 4.74 Å². The summed E-state index contributed by atoms with van der Waals surface area (Å²) in [5, 5.41) is 0.902. The maximum Gasteiger partial charge on any atom is 0.180 e. The smallest absolute Gasteiger partial charge is 0.180 e. The van der Waals surface area contributed by atoms with Crippen molar-refractivity contribution in [3.05, 3.63) is 36.1 Å². The minimum Gasteiger partial charge on any atom is -0.464 e. The summed E-state index contributed by atoms with van der Waals surface area (Å²) >= 11 is 0. The van der Waals surface area contributed by atoms with Gasteiger partial charge < -0.3 is 9.15 Å². The van der Waals surface area contributed by atoms with E-state index in [0.717, 1.165) is 30.5 Å². The number of fused-ring (bicyclic) bond motifs is 1. The van der Waals surface area contributed by atoms with Crippen LogP contribution in [0.3, 0.4) is 0 Å². The Balaban J connectivity index is 1.78. The zero-order valence-electron chi connectivity index (χ0n) is 11.7. The predicted octanol–water partition coefficient (Wildman–Crippen LogP) is 2.73. The van der Waals surface area contributed by atoms with Gasteiger partial charge in [0.05, 0.1) is 25.3 Å². The number of hydrogen-bond acceptors (Lipinski definition) is 4. The first-order chi connectivity index (χ1) is 9.79. The van der Waals surface area contributed by atoms with Crippen LogP contribution in [0.4, 0.5) is 0 Å². The average Bonchev–Trinajstić information content (AvgIpc) is 2.92. The highest BCUT2D eigenvalue weighted by Crippen LogP contribution is 2.22. The van der Waals surface area contributed by atoms with Crippen LogP contribution in [0.25, 0.3) is 11.0 Å². The van der Waals surface area contributed by atoms with Crippen LogP contribution in [0.1, 0.15) is 23.7 Å². The van der Waals surface area contributed by atoms with Gasteiger partial charge in [-0.3, -0.25) is 9.69 Å². The minimum atomic E-state index is 0.121. The van der Waals surface area contributed by atoms with Gasteiger partial charge in [0.25, 0.3) is 0 Å². The number of Topliss-reactive ketones (excluding diaryl/α,β-unsaturated/α-hetero) is 1. The summed E-state index contributed by atoms with van der Waals surface area (Å²) < 4.78 is 10.9. The van der Waals surface area contributed by atoms with Crippen molar-refractivity contribution in [1.29, 1.82) is 0 Å². The fourth-order valence-corrected chi connectivity index (χ4v) is 2.74.